The van der Waals surface area contributed by atoms with Crippen LogP contribution in [0.25, 0.3) is 0 Å². The Labute approximate surface area is 147 Å². The maximum Gasteiger partial charge on any atom is 0.407 e. The van der Waals surface area contributed by atoms with Crippen molar-refractivity contribution < 1.29 is 14.3 Å². The van der Waals surface area contributed by atoms with E-state index in [1.165, 1.54) is 0 Å². The zero-order valence-corrected chi connectivity index (χ0v) is 15.0. The minimum Gasteiger partial charge on any atom is -0.490 e. The van der Waals surface area contributed by atoms with Crippen LogP contribution in [0.5, 0.6) is 5.75 Å². The summed E-state index contributed by atoms with van der Waals surface area (Å²) in [6.07, 6.45) is 3.09. The number of nitriles is 1. The van der Waals surface area contributed by atoms with Crippen LogP contribution in [0.2, 0.25) is 5.02 Å². The van der Waals surface area contributed by atoms with Gasteiger partial charge >= 0.3 is 6.09 Å². The summed E-state index contributed by atoms with van der Waals surface area (Å²) in [5.74, 6) is 0.669. The second kappa shape index (κ2) is 7.76. The SMILES string of the molecule is CC(C)(C)OC(=O)NC1CCC(Oc2ccc(C#N)c(Cl)c2)CC1. The van der Waals surface area contributed by atoms with Gasteiger partial charge < -0.3 is 14.8 Å². The number of benzene rings is 1. The van der Waals surface area contributed by atoms with E-state index in [1.54, 1.807) is 18.2 Å². The summed E-state index contributed by atoms with van der Waals surface area (Å²) in [5.41, 5.74) is -0.0477. The van der Waals surface area contributed by atoms with Crippen LogP contribution in [-0.2, 0) is 4.74 Å². The molecular weight excluding hydrogens is 328 g/mol. The van der Waals surface area contributed by atoms with E-state index in [0.29, 0.717) is 16.3 Å². The van der Waals surface area contributed by atoms with Crippen molar-refractivity contribution in [2.45, 2.75) is 64.2 Å². The van der Waals surface area contributed by atoms with Crippen LogP contribution in [-0.4, -0.2) is 23.8 Å². The van der Waals surface area contributed by atoms with Crippen LogP contribution in [0.3, 0.4) is 0 Å². The minimum absolute atomic E-state index is 0.0886. The van der Waals surface area contributed by atoms with Gasteiger partial charge in [-0.2, -0.15) is 5.26 Å². The summed E-state index contributed by atoms with van der Waals surface area (Å²) in [4.78, 5) is 11.8. The van der Waals surface area contributed by atoms with Gasteiger partial charge in [-0.1, -0.05) is 11.6 Å². The van der Waals surface area contributed by atoms with Crippen LogP contribution >= 0.6 is 11.6 Å². The maximum atomic E-state index is 11.8. The average molecular weight is 351 g/mol. The Balaban J connectivity index is 1.80. The zero-order valence-electron chi connectivity index (χ0n) is 14.3. The fraction of sp³-hybridized carbons (Fsp3) is 0.556. The van der Waals surface area contributed by atoms with E-state index in [9.17, 15) is 4.79 Å². The topological polar surface area (TPSA) is 71.3 Å². The summed E-state index contributed by atoms with van der Waals surface area (Å²) in [7, 11) is 0. The molecule has 1 aliphatic carbocycles. The summed E-state index contributed by atoms with van der Waals surface area (Å²) in [6.45, 7) is 5.54. The van der Waals surface area contributed by atoms with Gasteiger partial charge in [-0.15, -0.1) is 0 Å². The second-order valence-electron chi connectivity index (χ2n) is 6.99. The van der Waals surface area contributed by atoms with Gasteiger partial charge in [-0.25, -0.2) is 4.79 Å². The Morgan fingerprint density at radius 2 is 1.96 bits per heavy atom. The predicted molar refractivity (Wildman–Crippen MR) is 92.2 cm³/mol. The number of amides is 1. The molecule has 0 saturated heterocycles. The molecule has 1 aromatic rings. The second-order valence-corrected chi connectivity index (χ2v) is 7.40. The van der Waals surface area contributed by atoms with Crippen molar-refractivity contribution in [3.63, 3.8) is 0 Å². The largest absolute Gasteiger partial charge is 0.490 e. The van der Waals surface area contributed by atoms with Gasteiger partial charge in [-0.3, -0.25) is 0 Å². The van der Waals surface area contributed by atoms with Crippen molar-refractivity contribution in [2.75, 3.05) is 0 Å². The lowest BCUT2D eigenvalue weighted by atomic mass is 9.93. The first kappa shape index (κ1) is 18.4. The molecule has 0 unspecified atom stereocenters. The van der Waals surface area contributed by atoms with Gasteiger partial charge in [0.1, 0.15) is 17.4 Å². The van der Waals surface area contributed by atoms with Crippen LogP contribution in [0.1, 0.15) is 52.0 Å². The maximum absolute atomic E-state index is 11.8. The molecule has 1 aliphatic rings. The third kappa shape index (κ3) is 5.61. The normalized spacial score (nSPS) is 20.8. The molecule has 1 N–H and O–H groups in total. The molecular formula is C18H23ClN2O3. The first-order valence-electron chi connectivity index (χ1n) is 8.12. The number of carbonyl (C=O) groups excluding carboxylic acids is 1. The molecule has 5 nitrogen and oxygen atoms in total. The summed E-state index contributed by atoms with van der Waals surface area (Å²) in [6, 6.07) is 7.23. The van der Waals surface area contributed by atoms with E-state index < -0.39 is 5.60 Å². The molecule has 6 heteroatoms. The van der Waals surface area contributed by atoms with Gasteiger partial charge in [0.15, 0.2) is 0 Å². The number of carbonyl (C=O) groups is 1. The van der Waals surface area contributed by atoms with Gasteiger partial charge in [0.25, 0.3) is 0 Å². The number of halogens is 1. The van der Waals surface area contributed by atoms with Gasteiger partial charge in [0.2, 0.25) is 0 Å². The predicted octanol–water partition coefficient (Wildman–Crippen LogP) is 4.43. The Hall–Kier alpha value is -1.93. The monoisotopic (exact) mass is 350 g/mol. The molecule has 0 bridgehead atoms. The lowest BCUT2D eigenvalue weighted by molar-refractivity contribution is 0.0471. The molecule has 1 amide bonds. The summed E-state index contributed by atoms with van der Waals surface area (Å²) < 4.78 is 11.2. The highest BCUT2D eigenvalue weighted by Gasteiger charge is 2.25. The molecule has 0 aromatic heterocycles. The average Bonchev–Trinajstić information content (AvgIpc) is 2.47. The number of ether oxygens (including phenoxy) is 2. The highest BCUT2D eigenvalue weighted by atomic mass is 35.5. The van der Waals surface area contributed by atoms with Crippen LogP contribution in [0.15, 0.2) is 18.2 Å². The van der Waals surface area contributed by atoms with Crippen molar-refractivity contribution in [1.82, 2.24) is 5.32 Å². The van der Waals surface area contributed by atoms with Gasteiger partial charge in [0, 0.05) is 12.1 Å². The number of nitrogens with one attached hydrogen (secondary N) is 1. The molecule has 0 spiro atoms. The number of hydrogen-bond donors (Lipinski definition) is 1. The van der Waals surface area contributed by atoms with Gasteiger partial charge in [0.05, 0.1) is 16.7 Å². The fourth-order valence-corrected chi connectivity index (χ4v) is 2.86. The summed E-state index contributed by atoms with van der Waals surface area (Å²) in [5, 5.41) is 12.2. The zero-order chi connectivity index (χ0) is 17.7. The van der Waals surface area contributed by atoms with Crippen molar-refractivity contribution in [2.24, 2.45) is 0 Å². The van der Waals surface area contributed by atoms with E-state index in [2.05, 4.69) is 5.32 Å². The molecule has 0 heterocycles. The van der Waals surface area contributed by atoms with Crippen LogP contribution in [0.4, 0.5) is 4.79 Å². The quantitative estimate of drug-likeness (QED) is 0.875. The third-order valence-electron chi connectivity index (χ3n) is 3.76. The molecule has 24 heavy (non-hydrogen) atoms. The number of rotatable bonds is 3. The van der Waals surface area contributed by atoms with Crippen molar-refractivity contribution in [3.05, 3.63) is 28.8 Å². The molecule has 1 fully saturated rings. The Morgan fingerprint density at radius 1 is 1.29 bits per heavy atom. The lowest BCUT2D eigenvalue weighted by Gasteiger charge is -2.30. The molecule has 2 rings (SSSR count). The van der Waals surface area contributed by atoms with Crippen molar-refractivity contribution >= 4 is 17.7 Å². The molecule has 0 radical (unpaired) electrons. The first-order valence-corrected chi connectivity index (χ1v) is 8.50. The first-order chi connectivity index (χ1) is 11.3. The van der Waals surface area contributed by atoms with Crippen molar-refractivity contribution in [3.8, 4) is 11.8 Å². The van der Waals surface area contributed by atoms with E-state index in [1.807, 2.05) is 26.8 Å². The molecule has 0 aliphatic heterocycles. The van der Waals surface area contributed by atoms with Gasteiger partial charge in [-0.05, 0) is 58.6 Å². The molecule has 130 valence electrons. The van der Waals surface area contributed by atoms with E-state index in [-0.39, 0.29) is 18.2 Å². The third-order valence-corrected chi connectivity index (χ3v) is 4.07. The number of hydrogen-bond acceptors (Lipinski definition) is 4. The standard InChI is InChI=1S/C18H23ClN2O3/c1-18(2,3)24-17(22)21-13-5-8-14(9-6-13)23-15-7-4-12(11-20)16(19)10-15/h4,7,10,13-14H,5-6,8-9H2,1-3H3,(H,21,22). The lowest BCUT2D eigenvalue weighted by Crippen LogP contribution is -2.42. The van der Waals surface area contributed by atoms with Crippen molar-refractivity contribution in [1.29, 1.82) is 5.26 Å². The number of nitrogens with zero attached hydrogens (tertiary/aromatic N) is 1. The van der Waals surface area contributed by atoms with E-state index >= 15 is 0 Å². The van der Waals surface area contributed by atoms with E-state index in [4.69, 9.17) is 26.3 Å². The fourth-order valence-electron chi connectivity index (χ4n) is 2.65. The minimum atomic E-state index is -0.487. The Morgan fingerprint density at radius 3 is 2.50 bits per heavy atom. The highest BCUT2D eigenvalue weighted by molar-refractivity contribution is 6.31. The molecule has 1 aromatic carbocycles. The van der Waals surface area contributed by atoms with Crippen LogP contribution < -0.4 is 10.1 Å². The Bertz CT molecular complexity index is 626. The van der Waals surface area contributed by atoms with Crippen LogP contribution in [0, 0.1) is 11.3 Å². The highest BCUT2D eigenvalue weighted by Crippen LogP contribution is 2.27. The Kier molecular flexibility index (Phi) is 5.95. The molecule has 0 atom stereocenters. The smallest absolute Gasteiger partial charge is 0.407 e. The number of alkyl carbamates (subject to hydrolysis) is 1. The van der Waals surface area contributed by atoms with E-state index in [0.717, 1.165) is 25.7 Å². The summed E-state index contributed by atoms with van der Waals surface area (Å²) >= 11 is 6.02. The molecule has 1 saturated carbocycles.